The summed E-state index contributed by atoms with van der Waals surface area (Å²) < 4.78 is 6.23. The molecule has 3 rings (SSSR count). The van der Waals surface area contributed by atoms with Crippen LogP contribution in [0.15, 0.2) is 0 Å². The number of hydrogen-bond donors (Lipinski definition) is 0. The van der Waals surface area contributed by atoms with Crippen molar-refractivity contribution in [2.45, 2.75) is 98.5 Å². The van der Waals surface area contributed by atoms with Gasteiger partial charge in [-0.05, 0) is 61.2 Å². The fraction of sp³-hybridized carbons (Fsp3) is 0.952. The maximum atomic E-state index is 13.1. The van der Waals surface area contributed by atoms with Crippen LogP contribution >= 0.6 is 0 Å². The molecule has 3 aliphatic rings. The van der Waals surface area contributed by atoms with Gasteiger partial charge in [0.2, 0.25) is 0 Å². The van der Waals surface area contributed by atoms with E-state index in [1.807, 2.05) is 0 Å². The highest BCUT2D eigenvalue weighted by molar-refractivity contribution is 5.82. The Morgan fingerprint density at radius 1 is 1.04 bits per heavy atom. The first-order chi connectivity index (χ1) is 10.6. The first-order valence-corrected chi connectivity index (χ1v) is 9.86. The predicted molar refractivity (Wildman–Crippen MR) is 94.1 cm³/mol. The van der Waals surface area contributed by atoms with Gasteiger partial charge in [0.15, 0.2) is 0 Å². The zero-order valence-corrected chi connectivity index (χ0v) is 15.9. The van der Waals surface area contributed by atoms with Crippen LogP contribution in [-0.4, -0.2) is 12.1 Å². The molecular weight excluding hydrogens is 284 g/mol. The molecule has 0 radical (unpaired) electrons. The number of rotatable bonds is 3. The highest BCUT2D eigenvalue weighted by Gasteiger charge is 2.68. The average molecular weight is 321 g/mol. The van der Waals surface area contributed by atoms with Crippen molar-refractivity contribution in [3.8, 4) is 0 Å². The number of carbonyl (C=O) groups is 1. The Bertz CT molecular complexity index is 457. The van der Waals surface area contributed by atoms with Gasteiger partial charge in [0.1, 0.15) is 6.10 Å². The third-order valence-electron chi connectivity index (χ3n) is 6.90. The van der Waals surface area contributed by atoms with Crippen LogP contribution in [0, 0.1) is 28.1 Å². The summed E-state index contributed by atoms with van der Waals surface area (Å²) in [5, 5.41) is 0. The molecule has 132 valence electrons. The minimum absolute atomic E-state index is 0.109. The normalized spacial score (nSPS) is 39.4. The molecule has 4 atom stereocenters. The van der Waals surface area contributed by atoms with Gasteiger partial charge in [-0.3, -0.25) is 4.79 Å². The zero-order valence-electron chi connectivity index (χ0n) is 15.9. The van der Waals surface area contributed by atoms with Crippen molar-refractivity contribution in [2.24, 2.45) is 28.1 Å². The van der Waals surface area contributed by atoms with E-state index in [9.17, 15) is 4.79 Å². The van der Waals surface area contributed by atoms with Gasteiger partial charge in [-0.15, -0.1) is 0 Å². The van der Waals surface area contributed by atoms with Crippen molar-refractivity contribution < 1.29 is 9.53 Å². The maximum absolute atomic E-state index is 13.1. The van der Waals surface area contributed by atoms with Crippen LogP contribution in [-0.2, 0) is 9.53 Å². The third-order valence-corrected chi connectivity index (χ3v) is 6.90. The molecule has 23 heavy (non-hydrogen) atoms. The van der Waals surface area contributed by atoms with E-state index in [2.05, 4.69) is 34.6 Å². The van der Waals surface area contributed by atoms with Crippen molar-refractivity contribution in [1.82, 2.24) is 0 Å². The van der Waals surface area contributed by atoms with Gasteiger partial charge in [0, 0.05) is 0 Å². The lowest BCUT2D eigenvalue weighted by Gasteiger charge is -2.41. The molecule has 0 aromatic heterocycles. The highest BCUT2D eigenvalue weighted by Crippen LogP contribution is 2.68. The summed E-state index contributed by atoms with van der Waals surface area (Å²) in [4.78, 5) is 13.1. The standard InChI is InChI=1S/C21H36O2/c1-19(2,3)13-21(14-20(21,4)5)18(22)23-17-12-8-10-15-9-6-7-11-16(15)17/h15-17H,6-14H2,1-5H3. The Labute approximate surface area is 142 Å². The summed E-state index contributed by atoms with van der Waals surface area (Å²) in [6.07, 6.45) is 11.2. The topological polar surface area (TPSA) is 26.3 Å². The minimum Gasteiger partial charge on any atom is -0.462 e. The number of ether oxygens (including phenoxy) is 1. The van der Waals surface area contributed by atoms with Crippen molar-refractivity contribution in [3.05, 3.63) is 0 Å². The second-order valence-corrected chi connectivity index (χ2v) is 10.5. The van der Waals surface area contributed by atoms with E-state index in [-0.39, 0.29) is 28.3 Å². The third kappa shape index (κ3) is 3.33. The molecule has 0 bridgehead atoms. The highest BCUT2D eigenvalue weighted by atomic mass is 16.5. The van der Waals surface area contributed by atoms with Crippen LogP contribution in [0.25, 0.3) is 0 Å². The Hall–Kier alpha value is -0.530. The fourth-order valence-corrected chi connectivity index (χ4v) is 5.61. The molecule has 2 nitrogen and oxygen atoms in total. The van der Waals surface area contributed by atoms with Crippen molar-refractivity contribution in [2.75, 3.05) is 0 Å². The van der Waals surface area contributed by atoms with E-state index in [1.54, 1.807) is 0 Å². The largest absolute Gasteiger partial charge is 0.462 e. The molecule has 3 aliphatic carbocycles. The Balaban J connectivity index is 1.70. The number of hydrogen-bond acceptors (Lipinski definition) is 2. The average Bonchev–Trinajstić information content (AvgIpc) is 2.99. The summed E-state index contributed by atoms with van der Waals surface area (Å²) in [7, 11) is 0. The number of carbonyl (C=O) groups excluding carboxylic acids is 1. The lowest BCUT2D eigenvalue weighted by atomic mass is 9.69. The second-order valence-electron chi connectivity index (χ2n) is 10.5. The van der Waals surface area contributed by atoms with Gasteiger partial charge < -0.3 is 4.74 Å². The Morgan fingerprint density at radius 3 is 2.26 bits per heavy atom. The molecule has 0 aliphatic heterocycles. The van der Waals surface area contributed by atoms with Crippen LogP contribution in [0.3, 0.4) is 0 Å². The molecular formula is C21H36O2. The first-order valence-electron chi connectivity index (χ1n) is 9.86. The van der Waals surface area contributed by atoms with E-state index >= 15 is 0 Å². The van der Waals surface area contributed by atoms with Crippen LogP contribution in [0.4, 0.5) is 0 Å². The molecule has 0 aromatic carbocycles. The van der Waals surface area contributed by atoms with E-state index in [1.165, 1.54) is 38.5 Å². The van der Waals surface area contributed by atoms with Crippen LogP contribution < -0.4 is 0 Å². The molecule has 2 heteroatoms. The molecule has 0 spiro atoms. The second kappa shape index (κ2) is 5.77. The quantitative estimate of drug-likeness (QED) is 0.620. The van der Waals surface area contributed by atoms with E-state index in [4.69, 9.17) is 4.74 Å². The van der Waals surface area contributed by atoms with Crippen LogP contribution in [0.1, 0.15) is 92.4 Å². The van der Waals surface area contributed by atoms with Crippen LogP contribution in [0.2, 0.25) is 0 Å². The van der Waals surface area contributed by atoms with E-state index in [0.717, 1.165) is 25.2 Å². The van der Waals surface area contributed by atoms with E-state index in [0.29, 0.717) is 5.92 Å². The zero-order chi connectivity index (χ0) is 16.9. The summed E-state index contributed by atoms with van der Waals surface area (Å²) in [6.45, 7) is 11.2. The molecule has 0 amide bonds. The van der Waals surface area contributed by atoms with Gasteiger partial charge in [-0.2, -0.15) is 0 Å². The molecule has 0 N–H and O–H groups in total. The van der Waals surface area contributed by atoms with Gasteiger partial charge in [0.05, 0.1) is 5.41 Å². The minimum atomic E-state index is -0.229. The molecule has 3 saturated carbocycles. The van der Waals surface area contributed by atoms with Gasteiger partial charge >= 0.3 is 5.97 Å². The maximum Gasteiger partial charge on any atom is 0.312 e. The summed E-state index contributed by atoms with van der Waals surface area (Å²) in [6, 6.07) is 0. The van der Waals surface area contributed by atoms with Crippen molar-refractivity contribution in [1.29, 1.82) is 0 Å². The van der Waals surface area contributed by atoms with Gasteiger partial charge in [0.25, 0.3) is 0 Å². The molecule has 0 aromatic rings. The predicted octanol–water partition coefficient (Wildman–Crippen LogP) is 5.74. The number of fused-ring (bicyclic) bond motifs is 1. The van der Waals surface area contributed by atoms with Crippen molar-refractivity contribution >= 4 is 5.97 Å². The smallest absolute Gasteiger partial charge is 0.312 e. The fourth-order valence-electron chi connectivity index (χ4n) is 5.61. The first kappa shape index (κ1) is 17.3. The van der Waals surface area contributed by atoms with E-state index < -0.39 is 0 Å². The van der Waals surface area contributed by atoms with Crippen molar-refractivity contribution in [3.63, 3.8) is 0 Å². The van der Waals surface area contributed by atoms with Gasteiger partial charge in [-0.1, -0.05) is 53.9 Å². The Morgan fingerprint density at radius 2 is 1.65 bits per heavy atom. The molecule has 0 saturated heterocycles. The molecule has 0 heterocycles. The van der Waals surface area contributed by atoms with Crippen LogP contribution in [0.5, 0.6) is 0 Å². The summed E-state index contributed by atoms with van der Waals surface area (Å²) >= 11 is 0. The van der Waals surface area contributed by atoms with Gasteiger partial charge in [-0.25, -0.2) is 0 Å². The lowest BCUT2D eigenvalue weighted by Crippen LogP contribution is -2.40. The Kier molecular flexibility index (Phi) is 4.34. The monoisotopic (exact) mass is 320 g/mol. The SMILES string of the molecule is CC(C)(C)CC1(C(=O)OC2CCCC3CCCCC32)CC1(C)C. The number of esters is 1. The summed E-state index contributed by atoms with van der Waals surface area (Å²) in [5.41, 5.74) is 0.0532. The molecule has 4 unspecified atom stereocenters. The molecule has 3 fully saturated rings. The summed E-state index contributed by atoms with van der Waals surface area (Å²) in [5.74, 6) is 1.59. The lowest BCUT2D eigenvalue weighted by molar-refractivity contribution is -0.166.